The van der Waals surface area contributed by atoms with E-state index < -0.39 is 18.5 Å². The van der Waals surface area contributed by atoms with Crippen molar-refractivity contribution < 1.29 is 23.9 Å². The third-order valence-electron chi connectivity index (χ3n) is 5.20. The molecule has 0 radical (unpaired) electrons. The zero-order valence-electron chi connectivity index (χ0n) is 15.5. The zero-order chi connectivity index (χ0) is 19.4. The van der Waals surface area contributed by atoms with E-state index in [-0.39, 0.29) is 17.7 Å². The number of likely N-dealkylation sites (tertiary alicyclic amines) is 2. The van der Waals surface area contributed by atoms with Gasteiger partial charge in [0, 0.05) is 31.6 Å². The van der Waals surface area contributed by atoms with Crippen LogP contribution in [0.2, 0.25) is 0 Å². The van der Waals surface area contributed by atoms with E-state index in [4.69, 9.17) is 4.74 Å². The number of nitrogens with zero attached hydrogens (tertiary/aromatic N) is 2. The van der Waals surface area contributed by atoms with Gasteiger partial charge in [-0.05, 0) is 37.8 Å². The minimum absolute atomic E-state index is 0.0253. The van der Waals surface area contributed by atoms with E-state index in [2.05, 4.69) is 0 Å². The van der Waals surface area contributed by atoms with Crippen LogP contribution >= 0.6 is 0 Å². The Hall–Kier alpha value is -2.70. The molecule has 3 amide bonds. The van der Waals surface area contributed by atoms with Crippen molar-refractivity contribution in [3.05, 3.63) is 35.4 Å². The lowest BCUT2D eigenvalue weighted by atomic mass is 9.96. The minimum Gasteiger partial charge on any atom is -0.455 e. The first-order valence-corrected chi connectivity index (χ1v) is 9.32. The molecule has 2 fully saturated rings. The molecule has 0 N–H and O–H groups in total. The van der Waals surface area contributed by atoms with E-state index >= 15 is 0 Å². The fourth-order valence-electron chi connectivity index (χ4n) is 3.54. The largest absolute Gasteiger partial charge is 0.455 e. The molecular formula is C20H24N2O5. The maximum atomic E-state index is 12.6. The summed E-state index contributed by atoms with van der Waals surface area (Å²) in [4.78, 5) is 51.2. The van der Waals surface area contributed by atoms with Gasteiger partial charge in [0.2, 0.25) is 5.91 Å². The maximum Gasteiger partial charge on any atom is 0.309 e. The number of ether oxygens (including phenoxy) is 1. The number of rotatable bonds is 4. The van der Waals surface area contributed by atoms with Crippen molar-refractivity contribution in [2.75, 3.05) is 26.2 Å². The average Bonchev–Trinajstić information content (AvgIpc) is 3.12. The lowest BCUT2D eigenvalue weighted by molar-refractivity contribution is -0.158. The summed E-state index contributed by atoms with van der Waals surface area (Å²) in [7, 11) is 0. The first kappa shape index (κ1) is 19.1. The van der Waals surface area contributed by atoms with Crippen molar-refractivity contribution >= 4 is 23.7 Å². The fraction of sp³-hybridized carbons (Fsp3) is 0.500. The Morgan fingerprint density at radius 2 is 1.81 bits per heavy atom. The average molecular weight is 372 g/mol. The highest BCUT2D eigenvalue weighted by molar-refractivity contribution is 5.98. The Kier molecular flexibility index (Phi) is 5.88. The van der Waals surface area contributed by atoms with Gasteiger partial charge in [0.1, 0.15) is 0 Å². The van der Waals surface area contributed by atoms with Gasteiger partial charge in [-0.1, -0.05) is 18.2 Å². The van der Waals surface area contributed by atoms with E-state index in [1.165, 1.54) is 0 Å². The Labute approximate surface area is 158 Å². The second kappa shape index (κ2) is 8.33. The van der Waals surface area contributed by atoms with Crippen LogP contribution in [0.15, 0.2) is 24.3 Å². The molecule has 7 heteroatoms. The molecule has 27 heavy (non-hydrogen) atoms. The molecule has 2 saturated heterocycles. The standard InChI is InChI=1S/C20H24N2O5/c1-14-5-2-3-6-16(14)19(25)21-11-8-15(9-12-21)20(26)27-13-18(24)22-10-4-7-17(22)23/h2-3,5-6,15H,4,7-13H2,1H3. The Morgan fingerprint density at radius 1 is 1.11 bits per heavy atom. The number of esters is 1. The minimum atomic E-state index is -0.460. The van der Waals surface area contributed by atoms with Crippen molar-refractivity contribution in [3.8, 4) is 0 Å². The second-order valence-electron chi connectivity index (χ2n) is 7.03. The van der Waals surface area contributed by atoms with Crippen molar-refractivity contribution in [2.45, 2.75) is 32.6 Å². The number of hydrogen-bond acceptors (Lipinski definition) is 5. The highest BCUT2D eigenvalue weighted by Gasteiger charge is 2.31. The summed E-state index contributed by atoms with van der Waals surface area (Å²) in [6.07, 6.45) is 2.04. The molecule has 0 bridgehead atoms. The van der Waals surface area contributed by atoms with Crippen LogP contribution in [-0.4, -0.2) is 59.7 Å². The van der Waals surface area contributed by atoms with Gasteiger partial charge >= 0.3 is 5.97 Å². The van der Waals surface area contributed by atoms with Crippen LogP contribution in [0.3, 0.4) is 0 Å². The summed E-state index contributed by atoms with van der Waals surface area (Å²) in [6, 6.07) is 7.45. The highest BCUT2D eigenvalue weighted by Crippen LogP contribution is 2.21. The summed E-state index contributed by atoms with van der Waals surface area (Å²) in [6.45, 7) is 2.86. The van der Waals surface area contributed by atoms with Gasteiger partial charge in [-0.25, -0.2) is 0 Å². The smallest absolute Gasteiger partial charge is 0.309 e. The van der Waals surface area contributed by atoms with E-state index in [9.17, 15) is 19.2 Å². The van der Waals surface area contributed by atoms with E-state index in [0.717, 1.165) is 10.5 Å². The van der Waals surface area contributed by atoms with E-state index in [0.29, 0.717) is 50.9 Å². The number of imide groups is 1. The van der Waals surface area contributed by atoms with Gasteiger partial charge in [-0.2, -0.15) is 0 Å². The highest BCUT2D eigenvalue weighted by atomic mass is 16.5. The molecule has 0 saturated carbocycles. The van der Waals surface area contributed by atoms with Crippen molar-refractivity contribution in [2.24, 2.45) is 5.92 Å². The molecular weight excluding hydrogens is 348 g/mol. The zero-order valence-corrected chi connectivity index (χ0v) is 15.5. The van der Waals surface area contributed by atoms with Crippen LogP contribution in [0.5, 0.6) is 0 Å². The Balaban J connectivity index is 1.46. The molecule has 1 aromatic carbocycles. The second-order valence-corrected chi connectivity index (χ2v) is 7.03. The van der Waals surface area contributed by atoms with Gasteiger partial charge in [0.15, 0.2) is 6.61 Å². The fourth-order valence-corrected chi connectivity index (χ4v) is 3.54. The van der Waals surface area contributed by atoms with Gasteiger partial charge in [-0.3, -0.25) is 24.1 Å². The quantitative estimate of drug-likeness (QED) is 0.749. The molecule has 2 heterocycles. The molecule has 0 aromatic heterocycles. The summed E-state index contributed by atoms with van der Waals surface area (Å²) in [5.41, 5.74) is 1.61. The van der Waals surface area contributed by atoms with E-state index in [1.807, 2.05) is 31.2 Å². The van der Waals surface area contributed by atoms with Crippen molar-refractivity contribution in [1.29, 1.82) is 0 Å². The van der Waals surface area contributed by atoms with Crippen LogP contribution in [0.4, 0.5) is 0 Å². The predicted molar refractivity (Wildman–Crippen MR) is 96.7 cm³/mol. The molecule has 2 aliphatic heterocycles. The van der Waals surface area contributed by atoms with Gasteiger partial charge < -0.3 is 9.64 Å². The van der Waals surface area contributed by atoms with Gasteiger partial charge in [0.05, 0.1) is 5.92 Å². The number of piperidine rings is 1. The summed E-state index contributed by atoms with van der Waals surface area (Å²) in [5, 5.41) is 0. The van der Waals surface area contributed by atoms with Crippen LogP contribution < -0.4 is 0 Å². The summed E-state index contributed by atoms with van der Waals surface area (Å²) in [5.74, 6) is -1.45. The molecule has 0 unspecified atom stereocenters. The lowest BCUT2D eigenvalue weighted by Crippen LogP contribution is -2.41. The topological polar surface area (TPSA) is 84.0 Å². The molecule has 0 aliphatic carbocycles. The molecule has 2 aliphatic rings. The molecule has 144 valence electrons. The predicted octanol–water partition coefficient (Wildman–Crippen LogP) is 1.54. The number of amides is 3. The van der Waals surface area contributed by atoms with E-state index in [1.54, 1.807) is 4.90 Å². The lowest BCUT2D eigenvalue weighted by Gasteiger charge is -2.31. The Morgan fingerprint density at radius 3 is 2.44 bits per heavy atom. The van der Waals surface area contributed by atoms with Crippen LogP contribution in [0, 0.1) is 12.8 Å². The summed E-state index contributed by atoms with van der Waals surface area (Å²) >= 11 is 0. The summed E-state index contributed by atoms with van der Waals surface area (Å²) < 4.78 is 5.12. The molecule has 1 aromatic rings. The van der Waals surface area contributed by atoms with Crippen molar-refractivity contribution in [1.82, 2.24) is 9.80 Å². The molecule has 0 atom stereocenters. The first-order chi connectivity index (χ1) is 13.0. The SMILES string of the molecule is Cc1ccccc1C(=O)N1CCC(C(=O)OCC(=O)N2CCCC2=O)CC1. The van der Waals surface area contributed by atoms with Crippen LogP contribution in [0.25, 0.3) is 0 Å². The van der Waals surface area contributed by atoms with Gasteiger partial charge in [0.25, 0.3) is 11.8 Å². The van der Waals surface area contributed by atoms with Crippen LogP contribution in [0.1, 0.15) is 41.6 Å². The number of carbonyl (C=O) groups is 4. The Bertz CT molecular complexity index is 752. The number of carbonyl (C=O) groups excluding carboxylic acids is 4. The van der Waals surface area contributed by atoms with Gasteiger partial charge in [-0.15, -0.1) is 0 Å². The number of hydrogen-bond donors (Lipinski definition) is 0. The third-order valence-corrected chi connectivity index (χ3v) is 5.20. The maximum absolute atomic E-state index is 12.6. The number of aryl methyl sites for hydroxylation is 1. The van der Waals surface area contributed by atoms with Crippen molar-refractivity contribution in [3.63, 3.8) is 0 Å². The monoisotopic (exact) mass is 372 g/mol. The molecule has 3 rings (SSSR count). The third kappa shape index (κ3) is 4.35. The van der Waals surface area contributed by atoms with Crippen LogP contribution in [-0.2, 0) is 19.1 Å². The number of benzene rings is 1. The normalized spacial score (nSPS) is 17.9. The molecule has 7 nitrogen and oxygen atoms in total. The molecule has 0 spiro atoms. The first-order valence-electron chi connectivity index (χ1n) is 9.32.